The van der Waals surface area contributed by atoms with Gasteiger partial charge >= 0.3 is 5.97 Å². The topological polar surface area (TPSA) is 79.2 Å². The summed E-state index contributed by atoms with van der Waals surface area (Å²) in [7, 11) is 0. The van der Waals surface area contributed by atoms with Crippen molar-refractivity contribution < 1.29 is 19.4 Å². The molecular formula is C17H21ClN2O4. The van der Waals surface area contributed by atoms with Crippen LogP contribution in [-0.4, -0.2) is 40.0 Å². The van der Waals surface area contributed by atoms with E-state index in [1.54, 1.807) is 45.9 Å². The second-order valence-corrected chi connectivity index (χ2v) is 7.07. The smallest absolute Gasteiger partial charge is 0.354 e. The lowest BCUT2D eigenvalue weighted by Crippen LogP contribution is -2.55. The Hall–Kier alpha value is -1.92. The van der Waals surface area contributed by atoms with Gasteiger partial charge in [-0.15, -0.1) is 0 Å². The standard InChI is InChI=1S/C17H21ClN2O4/c1-5-24-15(22)13-10-17(23,16(2,3)4)20(19-13)14(21)11-7-6-8-12(18)9-11/h6-9,23H,5,10H2,1-4H3/t17-/m1/s1. The summed E-state index contributed by atoms with van der Waals surface area (Å²) in [5, 5.41) is 16.6. The van der Waals surface area contributed by atoms with Crippen LogP contribution in [0.5, 0.6) is 0 Å². The Kier molecular flexibility index (Phi) is 5.01. The Morgan fingerprint density at radius 2 is 2.08 bits per heavy atom. The molecule has 1 aromatic carbocycles. The van der Waals surface area contributed by atoms with Crippen LogP contribution < -0.4 is 0 Å². The second-order valence-electron chi connectivity index (χ2n) is 6.64. The molecule has 0 saturated heterocycles. The maximum Gasteiger partial charge on any atom is 0.354 e. The Balaban J connectivity index is 2.45. The van der Waals surface area contributed by atoms with Crippen LogP contribution in [0.2, 0.25) is 5.02 Å². The zero-order valence-electron chi connectivity index (χ0n) is 14.2. The number of carbonyl (C=O) groups excluding carboxylic acids is 2. The van der Waals surface area contributed by atoms with Gasteiger partial charge in [0.25, 0.3) is 5.91 Å². The predicted octanol–water partition coefficient (Wildman–Crippen LogP) is 2.84. The monoisotopic (exact) mass is 352 g/mol. The van der Waals surface area contributed by atoms with Gasteiger partial charge in [-0.05, 0) is 25.1 Å². The van der Waals surface area contributed by atoms with Gasteiger partial charge in [-0.25, -0.2) is 4.79 Å². The third-order valence-electron chi connectivity index (χ3n) is 3.96. The molecule has 0 bridgehead atoms. The van der Waals surface area contributed by atoms with Gasteiger partial charge in [0.15, 0.2) is 11.4 Å². The summed E-state index contributed by atoms with van der Waals surface area (Å²) in [5.74, 6) is -1.17. The lowest BCUT2D eigenvalue weighted by atomic mass is 9.80. The number of amides is 1. The van der Waals surface area contributed by atoms with E-state index < -0.39 is 23.0 Å². The Bertz CT molecular complexity index is 696. The number of aliphatic hydroxyl groups is 1. The number of hydrogen-bond donors (Lipinski definition) is 1. The SMILES string of the molecule is CCOC(=O)C1=NN(C(=O)c2cccc(Cl)c2)[C@](O)(C(C)(C)C)C1. The molecule has 130 valence electrons. The maximum absolute atomic E-state index is 12.8. The number of rotatable bonds is 3. The Morgan fingerprint density at radius 1 is 1.42 bits per heavy atom. The Labute approximate surface area is 146 Å². The van der Waals surface area contributed by atoms with Gasteiger partial charge in [0.05, 0.1) is 6.61 Å². The third kappa shape index (κ3) is 3.30. The van der Waals surface area contributed by atoms with E-state index in [0.29, 0.717) is 5.02 Å². The molecule has 7 heteroatoms. The number of hydrogen-bond acceptors (Lipinski definition) is 5. The van der Waals surface area contributed by atoms with Crippen molar-refractivity contribution >= 4 is 29.2 Å². The van der Waals surface area contributed by atoms with Gasteiger partial charge in [-0.1, -0.05) is 38.4 Å². The molecule has 6 nitrogen and oxygen atoms in total. The number of nitrogens with zero attached hydrogens (tertiary/aromatic N) is 2. The minimum absolute atomic E-state index is 0.0182. The fourth-order valence-electron chi connectivity index (χ4n) is 2.41. The van der Waals surface area contributed by atoms with Crippen molar-refractivity contribution in [2.45, 2.75) is 39.8 Å². The van der Waals surface area contributed by atoms with Gasteiger partial charge in [-0.3, -0.25) is 4.79 Å². The fraction of sp³-hybridized carbons (Fsp3) is 0.471. The summed E-state index contributed by atoms with van der Waals surface area (Å²) >= 11 is 5.93. The molecule has 0 aromatic heterocycles. The molecule has 0 fully saturated rings. The number of esters is 1. The summed E-state index contributed by atoms with van der Waals surface area (Å²) in [4.78, 5) is 24.8. The minimum Gasteiger partial charge on any atom is -0.461 e. The van der Waals surface area contributed by atoms with Gasteiger partial charge in [0.2, 0.25) is 0 Å². The van der Waals surface area contributed by atoms with Crippen molar-refractivity contribution in [1.29, 1.82) is 0 Å². The number of ether oxygens (including phenoxy) is 1. The molecule has 0 unspecified atom stereocenters. The summed E-state index contributed by atoms with van der Waals surface area (Å²) in [6.07, 6.45) is -0.0956. The molecular weight excluding hydrogens is 332 g/mol. The highest BCUT2D eigenvalue weighted by atomic mass is 35.5. The molecule has 1 aliphatic rings. The molecule has 0 spiro atoms. The molecule has 2 rings (SSSR count). The van der Waals surface area contributed by atoms with Gasteiger partial charge in [0.1, 0.15) is 0 Å². The van der Waals surface area contributed by atoms with Crippen molar-refractivity contribution in [3.63, 3.8) is 0 Å². The molecule has 0 aliphatic carbocycles. The fourth-order valence-corrected chi connectivity index (χ4v) is 2.60. The molecule has 0 saturated carbocycles. The van der Waals surface area contributed by atoms with E-state index in [-0.39, 0.29) is 24.3 Å². The highest BCUT2D eigenvalue weighted by Crippen LogP contribution is 2.41. The van der Waals surface area contributed by atoms with E-state index in [2.05, 4.69) is 5.10 Å². The number of carbonyl (C=O) groups is 2. The van der Waals surface area contributed by atoms with E-state index in [0.717, 1.165) is 5.01 Å². The first kappa shape index (κ1) is 18.4. The molecule has 1 N–H and O–H groups in total. The molecule has 1 amide bonds. The van der Waals surface area contributed by atoms with Crippen LogP contribution in [0, 0.1) is 5.41 Å². The first-order valence-electron chi connectivity index (χ1n) is 7.67. The van der Waals surface area contributed by atoms with Gasteiger partial charge < -0.3 is 9.84 Å². The van der Waals surface area contributed by atoms with Crippen LogP contribution in [0.25, 0.3) is 0 Å². The molecule has 1 aliphatic heterocycles. The van der Waals surface area contributed by atoms with Gasteiger partial charge in [-0.2, -0.15) is 10.1 Å². The minimum atomic E-state index is -1.64. The van der Waals surface area contributed by atoms with Crippen LogP contribution in [0.4, 0.5) is 0 Å². The van der Waals surface area contributed by atoms with Crippen molar-refractivity contribution in [2.75, 3.05) is 6.61 Å². The molecule has 0 radical (unpaired) electrons. The molecule has 1 atom stereocenters. The lowest BCUT2D eigenvalue weighted by Gasteiger charge is -2.41. The second kappa shape index (κ2) is 6.53. The highest BCUT2D eigenvalue weighted by molar-refractivity contribution is 6.37. The molecule has 24 heavy (non-hydrogen) atoms. The average molecular weight is 353 g/mol. The number of benzene rings is 1. The van der Waals surface area contributed by atoms with Crippen LogP contribution in [-0.2, 0) is 9.53 Å². The zero-order chi connectivity index (χ0) is 18.1. The number of hydrazone groups is 1. The first-order chi connectivity index (χ1) is 11.1. The predicted molar refractivity (Wildman–Crippen MR) is 90.7 cm³/mol. The first-order valence-corrected chi connectivity index (χ1v) is 8.05. The van der Waals surface area contributed by atoms with Crippen molar-refractivity contribution in [2.24, 2.45) is 10.5 Å². The van der Waals surface area contributed by atoms with Crippen LogP contribution in [0.1, 0.15) is 44.5 Å². The molecule has 1 heterocycles. The largest absolute Gasteiger partial charge is 0.461 e. The number of halogens is 1. The summed E-state index contributed by atoms with van der Waals surface area (Å²) in [5.41, 5.74) is -2.09. The van der Waals surface area contributed by atoms with Crippen LogP contribution >= 0.6 is 11.6 Å². The summed E-state index contributed by atoms with van der Waals surface area (Å²) in [6.45, 7) is 7.19. The Morgan fingerprint density at radius 3 is 2.62 bits per heavy atom. The van der Waals surface area contributed by atoms with E-state index in [1.807, 2.05) is 0 Å². The average Bonchev–Trinajstić information content (AvgIpc) is 2.86. The normalized spacial score (nSPS) is 20.8. The zero-order valence-corrected chi connectivity index (χ0v) is 14.9. The van der Waals surface area contributed by atoms with Gasteiger partial charge in [0, 0.05) is 22.4 Å². The highest BCUT2D eigenvalue weighted by Gasteiger charge is 2.54. The van der Waals surface area contributed by atoms with E-state index in [4.69, 9.17) is 16.3 Å². The summed E-state index contributed by atoms with van der Waals surface area (Å²) < 4.78 is 4.94. The maximum atomic E-state index is 12.8. The third-order valence-corrected chi connectivity index (χ3v) is 4.20. The van der Waals surface area contributed by atoms with Crippen molar-refractivity contribution in [1.82, 2.24) is 5.01 Å². The quantitative estimate of drug-likeness (QED) is 0.848. The van der Waals surface area contributed by atoms with Crippen molar-refractivity contribution in [3.8, 4) is 0 Å². The van der Waals surface area contributed by atoms with E-state index in [9.17, 15) is 14.7 Å². The van der Waals surface area contributed by atoms with E-state index in [1.165, 1.54) is 6.07 Å². The van der Waals surface area contributed by atoms with Crippen LogP contribution in [0.3, 0.4) is 0 Å². The van der Waals surface area contributed by atoms with Crippen molar-refractivity contribution in [3.05, 3.63) is 34.9 Å². The lowest BCUT2D eigenvalue weighted by molar-refractivity contribution is -0.144. The summed E-state index contributed by atoms with van der Waals surface area (Å²) in [6, 6.07) is 6.35. The van der Waals surface area contributed by atoms with E-state index >= 15 is 0 Å². The molecule has 1 aromatic rings. The van der Waals surface area contributed by atoms with Crippen LogP contribution in [0.15, 0.2) is 29.4 Å².